The van der Waals surface area contributed by atoms with Crippen molar-refractivity contribution in [3.8, 4) is 5.75 Å². The number of amides is 1. The normalized spacial score (nSPS) is 11.9. The zero-order valence-corrected chi connectivity index (χ0v) is 15.4. The fourth-order valence-corrected chi connectivity index (χ4v) is 3.19. The van der Waals surface area contributed by atoms with Crippen LogP contribution in [-0.4, -0.2) is 19.3 Å². The fourth-order valence-electron chi connectivity index (χ4n) is 2.19. The van der Waals surface area contributed by atoms with Crippen LogP contribution in [0.15, 0.2) is 41.3 Å². The molecule has 0 saturated heterocycles. The lowest BCUT2D eigenvalue weighted by Crippen LogP contribution is -2.27. The molecule has 1 amide bonds. The van der Waals surface area contributed by atoms with Gasteiger partial charge in [-0.25, -0.2) is 0 Å². The Bertz CT molecular complexity index is 722. The molecule has 0 spiro atoms. The van der Waals surface area contributed by atoms with E-state index in [2.05, 4.69) is 5.32 Å². The standard InChI is InChI=1S/C17H17Cl2NO2S/c1-10(13-6-4-11(18)8-15(13)19)20-17(21)14-7-5-12(23-3)9-16(14)22-2/h4-10H,1-3H3,(H,20,21)/t10-/m1/s1. The minimum absolute atomic E-state index is 0.215. The Morgan fingerprint density at radius 1 is 1.22 bits per heavy atom. The molecule has 0 radical (unpaired) electrons. The molecule has 0 fully saturated rings. The van der Waals surface area contributed by atoms with Gasteiger partial charge < -0.3 is 10.1 Å². The number of hydrogen-bond acceptors (Lipinski definition) is 3. The third kappa shape index (κ3) is 4.34. The Hall–Kier alpha value is -1.36. The van der Waals surface area contributed by atoms with Crippen molar-refractivity contribution in [1.29, 1.82) is 0 Å². The first-order valence-electron chi connectivity index (χ1n) is 6.94. The van der Waals surface area contributed by atoms with E-state index in [1.165, 1.54) is 0 Å². The number of carbonyl (C=O) groups excluding carboxylic acids is 1. The van der Waals surface area contributed by atoms with Crippen LogP contribution in [0.2, 0.25) is 10.0 Å². The molecule has 6 heteroatoms. The number of ether oxygens (including phenoxy) is 1. The number of nitrogens with one attached hydrogen (secondary N) is 1. The van der Waals surface area contributed by atoms with E-state index < -0.39 is 0 Å². The SMILES string of the molecule is COc1cc(SC)ccc1C(=O)N[C@H](C)c1ccc(Cl)cc1Cl. The van der Waals surface area contributed by atoms with E-state index in [0.717, 1.165) is 10.5 Å². The van der Waals surface area contributed by atoms with Crippen LogP contribution in [-0.2, 0) is 0 Å². The van der Waals surface area contributed by atoms with Crippen LogP contribution in [0.4, 0.5) is 0 Å². The molecule has 2 aromatic carbocycles. The lowest BCUT2D eigenvalue weighted by atomic mass is 10.1. The molecule has 0 aliphatic rings. The summed E-state index contributed by atoms with van der Waals surface area (Å²) in [5.41, 5.74) is 1.30. The van der Waals surface area contributed by atoms with Gasteiger partial charge in [-0.05, 0) is 49.1 Å². The zero-order chi connectivity index (χ0) is 17.0. The number of methoxy groups -OCH3 is 1. The number of carbonyl (C=O) groups is 1. The second kappa shape index (κ2) is 7.95. The van der Waals surface area contributed by atoms with Gasteiger partial charge in [-0.3, -0.25) is 4.79 Å². The van der Waals surface area contributed by atoms with Crippen molar-refractivity contribution in [2.45, 2.75) is 17.9 Å². The highest BCUT2D eigenvalue weighted by atomic mass is 35.5. The van der Waals surface area contributed by atoms with Crippen molar-refractivity contribution in [2.75, 3.05) is 13.4 Å². The second-order valence-corrected chi connectivity index (χ2v) is 6.65. The van der Waals surface area contributed by atoms with Crippen LogP contribution in [0.3, 0.4) is 0 Å². The maximum Gasteiger partial charge on any atom is 0.255 e. The van der Waals surface area contributed by atoms with Gasteiger partial charge in [0.2, 0.25) is 0 Å². The Kier molecular flexibility index (Phi) is 6.22. The summed E-state index contributed by atoms with van der Waals surface area (Å²) in [6.45, 7) is 1.87. The topological polar surface area (TPSA) is 38.3 Å². The lowest BCUT2D eigenvalue weighted by molar-refractivity contribution is 0.0937. The molecule has 1 N–H and O–H groups in total. The molecule has 2 aromatic rings. The first kappa shape index (κ1) is 18.0. The van der Waals surface area contributed by atoms with Gasteiger partial charge in [-0.1, -0.05) is 29.3 Å². The van der Waals surface area contributed by atoms with E-state index in [-0.39, 0.29) is 11.9 Å². The van der Waals surface area contributed by atoms with Gasteiger partial charge in [-0.2, -0.15) is 0 Å². The smallest absolute Gasteiger partial charge is 0.255 e. The number of benzene rings is 2. The summed E-state index contributed by atoms with van der Waals surface area (Å²) < 4.78 is 5.32. The molecule has 122 valence electrons. The highest BCUT2D eigenvalue weighted by Crippen LogP contribution is 2.28. The highest BCUT2D eigenvalue weighted by molar-refractivity contribution is 7.98. The fraction of sp³-hybridized carbons (Fsp3) is 0.235. The summed E-state index contributed by atoms with van der Waals surface area (Å²) in [6, 6.07) is 10.5. The summed E-state index contributed by atoms with van der Waals surface area (Å²) >= 11 is 13.7. The van der Waals surface area contributed by atoms with E-state index in [4.69, 9.17) is 27.9 Å². The molecule has 0 saturated carbocycles. The lowest BCUT2D eigenvalue weighted by Gasteiger charge is -2.17. The number of thioether (sulfide) groups is 1. The van der Waals surface area contributed by atoms with Crippen molar-refractivity contribution in [1.82, 2.24) is 5.32 Å². The molecule has 3 nitrogen and oxygen atoms in total. The van der Waals surface area contributed by atoms with Crippen LogP contribution < -0.4 is 10.1 Å². The van der Waals surface area contributed by atoms with Crippen LogP contribution in [0, 0.1) is 0 Å². The first-order valence-corrected chi connectivity index (χ1v) is 8.92. The minimum atomic E-state index is -0.253. The van der Waals surface area contributed by atoms with Crippen molar-refractivity contribution in [2.24, 2.45) is 0 Å². The molecule has 0 unspecified atom stereocenters. The molecular weight excluding hydrogens is 353 g/mol. The van der Waals surface area contributed by atoms with Gasteiger partial charge in [0.25, 0.3) is 5.91 Å². The molecule has 0 heterocycles. The van der Waals surface area contributed by atoms with Crippen molar-refractivity contribution in [3.05, 3.63) is 57.6 Å². The Labute approximate surface area is 150 Å². The van der Waals surface area contributed by atoms with Gasteiger partial charge in [0.15, 0.2) is 0 Å². The Balaban J connectivity index is 2.21. The third-order valence-corrected chi connectivity index (χ3v) is 4.72. The van der Waals surface area contributed by atoms with Crippen LogP contribution in [0.25, 0.3) is 0 Å². The van der Waals surface area contributed by atoms with E-state index in [1.807, 2.05) is 31.4 Å². The highest BCUT2D eigenvalue weighted by Gasteiger charge is 2.17. The Morgan fingerprint density at radius 2 is 1.96 bits per heavy atom. The average Bonchev–Trinajstić information content (AvgIpc) is 2.53. The van der Waals surface area contributed by atoms with E-state index in [1.54, 1.807) is 37.1 Å². The number of hydrogen-bond donors (Lipinski definition) is 1. The van der Waals surface area contributed by atoms with Crippen LogP contribution in [0.1, 0.15) is 28.9 Å². The maximum absolute atomic E-state index is 12.5. The molecular formula is C17H17Cl2NO2S. The molecule has 0 bridgehead atoms. The van der Waals surface area contributed by atoms with E-state index in [9.17, 15) is 4.79 Å². The van der Waals surface area contributed by atoms with E-state index in [0.29, 0.717) is 21.4 Å². The summed E-state index contributed by atoms with van der Waals surface area (Å²) in [7, 11) is 1.55. The molecule has 0 aromatic heterocycles. The van der Waals surface area contributed by atoms with Gasteiger partial charge in [0.05, 0.1) is 18.7 Å². The van der Waals surface area contributed by atoms with Gasteiger partial charge >= 0.3 is 0 Å². The monoisotopic (exact) mass is 369 g/mol. The predicted octanol–water partition coefficient (Wildman–Crippen LogP) is 5.21. The van der Waals surface area contributed by atoms with Gasteiger partial charge in [0, 0.05) is 14.9 Å². The summed E-state index contributed by atoms with van der Waals surface area (Å²) in [5.74, 6) is 0.330. The van der Waals surface area contributed by atoms with Crippen molar-refractivity contribution < 1.29 is 9.53 Å². The quantitative estimate of drug-likeness (QED) is 0.734. The summed E-state index contributed by atoms with van der Waals surface area (Å²) in [6.07, 6.45) is 1.97. The molecule has 1 atom stereocenters. The zero-order valence-electron chi connectivity index (χ0n) is 13.0. The molecule has 0 aliphatic carbocycles. The second-order valence-electron chi connectivity index (χ2n) is 4.93. The molecule has 0 aliphatic heterocycles. The van der Waals surface area contributed by atoms with Gasteiger partial charge in [0.1, 0.15) is 5.75 Å². The first-order chi connectivity index (χ1) is 11.0. The third-order valence-electron chi connectivity index (χ3n) is 3.43. The van der Waals surface area contributed by atoms with E-state index >= 15 is 0 Å². The summed E-state index contributed by atoms with van der Waals surface area (Å²) in [5, 5.41) is 4.02. The van der Waals surface area contributed by atoms with Gasteiger partial charge in [-0.15, -0.1) is 11.8 Å². The maximum atomic E-state index is 12.5. The largest absolute Gasteiger partial charge is 0.496 e. The summed E-state index contributed by atoms with van der Waals surface area (Å²) in [4.78, 5) is 13.6. The van der Waals surface area contributed by atoms with Crippen molar-refractivity contribution in [3.63, 3.8) is 0 Å². The Morgan fingerprint density at radius 3 is 2.57 bits per heavy atom. The van der Waals surface area contributed by atoms with Crippen LogP contribution in [0.5, 0.6) is 5.75 Å². The minimum Gasteiger partial charge on any atom is -0.496 e. The number of rotatable bonds is 5. The predicted molar refractivity (Wildman–Crippen MR) is 97.1 cm³/mol. The number of halogens is 2. The molecule has 23 heavy (non-hydrogen) atoms. The molecule has 2 rings (SSSR count). The van der Waals surface area contributed by atoms with Crippen LogP contribution >= 0.6 is 35.0 Å². The average molecular weight is 370 g/mol. The van der Waals surface area contributed by atoms with Crippen molar-refractivity contribution >= 4 is 40.9 Å².